The lowest BCUT2D eigenvalue weighted by Crippen LogP contribution is -1.96. The van der Waals surface area contributed by atoms with E-state index in [4.69, 9.17) is 4.74 Å². The lowest BCUT2D eigenvalue weighted by molar-refractivity contribution is 0.345. The molecule has 0 fully saturated rings. The van der Waals surface area contributed by atoms with Gasteiger partial charge < -0.3 is 9.72 Å². The lowest BCUT2D eigenvalue weighted by Gasteiger charge is -2.02. The van der Waals surface area contributed by atoms with Crippen molar-refractivity contribution in [2.45, 2.75) is 0 Å². The molecule has 0 aliphatic heterocycles. The number of fused-ring (bicyclic) bond motifs is 1. The summed E-state index contributed by atoms with van der Waals surface area (Å²) in [5.41, 5.74) is 1.14. The highest BCUT2D eigenvalue weighted by Gasteiger charge is 1.96. The van der Waals surface area contributed by atoms with Gasteiger partial charge in [0.15, 0.2) is 0 Å². The van der Waals surface area contributed by atoms with Gasteiger partial charge in [0, 0.05) is 22.4 Å². The first-order valence-corrected chi connectivity index (χ1v) is 5.28. The van der Waals surface area contributed by atoms with E-state index in [0.29, 0.717) is 6.61 Å². The van der Waals surface area contributed by atoms with E-state index in [1.165, 1.54) is 5.39 Å². The molecule has 2 rings (SSSR count). The first-order valence-electron chi connectivity index (χ1n) is 4.16. The van der Waals surface area contributed by atoms with Gasteiger partial charge in [0.25, 0.3) is 0 Å². The summed E-state index contributed by atoms with van der Waals surface area (Å²) in [4.78, 5) is 3.14. The van der Waals surface area contributed by atoms with Gasteiger partial charge >= 0.3 is 0 Å². The minimum absolute atomic E-state index is 0.704. The Hall–Kier alpha value is -0.960. The minimum Gasteiger partial charge on any atom is -0.493 e. The molecule has 68 valence electrons. The van der Waals surface area contributed by atoms with Crippen molar-refractivity contribution < 1.29 is 4.74 Å². The Labute approximate surface area is 85.0 Å². The van der Waals surface area contributed by atoms with E-state index in [2.05, 4.69) is 20.9 Å². The van der Waals surface area contributed by atoms with Gasteiger partial charge in [0.05, 0.1) is 6.61 Å². The molecular formula is C10H10BrNO. The van der Waals surface area contributed by atoms with Gasteiger partial charge in [-0.2, -0.15) is 0 Å². The molecule has 0 radical (unpaired) electrons. The van der Waals surface area contributed by atoms with E-state index in [9.17, 15) is 0 Å². The largest absolute Gasteiger partial charge is 0.493 e. The van der Waals surface area contributed by atoms with Crippen LogP contribution in [0.2, 0.25) is 0 Å². The number of halogens is 1. The monoisotopic (exact) mass is 239 g/mol. The Kier molecular flexibility index (Phi) is 2.54. The summed E-state index contributed by atoms with van der Waals surface area (Å²) in [5, 5.41) is 2.05. The topological polar surface area (TPSA) is 25.0 Å². The fourth-order valence-electron chi connectivity index (χ4n) is 1.28. The standard InChI is InChI=1S/C10H10BrNO/c11-4-6-13-9-1-2-10-8(7-9)3-5-12-10/h1-3,5,7,12H,4,6H2. The molecule has 1 N–H and O–H groups in total. The highest BCUT2D eigenvalue weighted by atomic mass is 79.9. The maximum absolute atomic E-state index is 5.47. The molecule has 13 heavy (non-hydrogen) atoms. The van der Waals surface area contributed by atoms with Gasteiger partial charge in [-0.25, -0.2) is 0 Å². The summed E-state index contributed by atoms with van der Waals surface area (Å²) >= 11 is 3.32. The average molecular weight is 240 g/mol. The van der Waals surface area contributed by atoms with Crippen LogP contribution < -0.4 is 4.74 Å². The third kappa shape index (κ3) is 1.86. The number of hydrogen-bond acceptors (Lipinski definition) is 1. The van der Waals surface area contributed by atoms with Crippen LogP contribution >= 0.6 is 15.9 Å². The molecule has 0 saturated heterocycles. The predicted molar refractivity (Wildman–Crippen MR) is 57.6 cm³/mol. The first kappa shape index (κ1) is 8.63. The van der Waals surface area contributed by atoms with Crippen molar-refractivity contribution in [3.8, 4) is 5.75 Å². The molecule has 3 heteroatoms. The second kappa shape index (κ2) is 3.83. The number of aromatic nitrogens is 1. The highest BCUT2D eigenvalue weighted by molar-refractivity contribution is 9.09. The number of alkyl halides is 1. The maximum Gasteiger partial charge on any atom is 0.120 e. The number of H-pyrrole nitrogens is 1. The average Bonchev–Trinajstić information content (AvgIpc) is 2.61. The summed E-state index contributed by atoms with van der Waals surface area (Å²) in [7, 11) is 0. The molecule has 0 bridgehead atoms. The van der Waals surface area contributed by atoms with Crippen LogP contribution in [0.3, 0.4) is 0 Å². The highest BCUT2D eigenvalue weighted by Crippen LogP contribution is 2.19. The molecule has 0 aliphatic rings. The van der Waals surface area contributed by atoms with Crippen LogP contribution in [0.5, 0.6) is 5.75 Å². The lowest BCUT2D eigenvalue weighted by atomic mass is 10.2. The number of nitrogens with one attached hydrogen (secondary N) is 1. The van der Waals surface area contributed by atoms with Crippen LogP contribution in [0.15, 0.2) is 30.5 Å². The normalized spacial score (nSPS) is 10.5. The predicted octanol–water partition coefficient (Wildman–Crippen LogP) is 2.94. The molecule has 2 aromatic rings. The van der Waals surface area contributed by atoms with Crippen molar-refractivity contribution in [1.29, 1.82) is 0 Å². The summed E-state index contributed by atoms with van der Waals surface area (Å²) in [5.74, 6) is 0.923. The van der Waals surface area contributed by atoms with Crippen LogP contribution in [0.4, 0.5) is 0 Å². The second-order valence-electron chi connectivity index (χ2n) is 2.76. The van der Waals surface area contributed by atoms with Crippen molar-refractivity contribution in [3.05, 3.63) is 30.5 Å². The Bertz CT molecular complexity index is 396. The van der Waals surface area contributed by atoms with Crippen molar-refractivity contribution in [2.24, 2.45) is 0 Å². The molecule has 0 saturated carbocycles. The summed E-state index contributed by atoms with van der Waals surface area (Å²) in [6, 6.07) is 8.07. The molecule has 0 amide bonds. The third-order valence-electron chi connectivity index (χ3n) is 1.87. The van der Waals surface area contributed by atoms with Crippen LogP contribution in [0, 0.1) is 0 Å². The van der Waals surface area contributed by atoms with E-state index >= 15 is 0 Å². The molecule has 0 spiro atoms. The second-order valence-corrected chi connectivity index (χ2v) is 3.56. The zero-order chi connectivity index (χ0) is 9.10. The van der Waals surface area contributed by atoms with Crippen molar-refractivity contribution in [3.63, 3.8) is 0 Å². The zero-order valence-corrected chi connectivity index (χ0v) is 8.67. The summed E-state index contributed by atoms with van der Waals surface area (Å²) in [6.45, 7) is 0.704. The number of ether oxygens (including phenoxy) is 1. The molecule has 0 atom stereocenters. The van der Waals surface area contributed by atoms with Crippen molar-refractivity contribution in [1.82, 2.24) is 4.98 Å². The van der Waals surface area contributed by atoms with Gasteiger partial charge in [-0.3, -0.25) is 0 Å². The van der Waals surface area contributed by atoms with E-state index in [1.54, 1.807) is 0 Å². The summed E-state index contributed by atoms with van der Waals surface area (Å²) in [6.07, 6.45) is 1.93. The fraction of sp³-hybridized carbons (Fsp3) is 0.200. The van der Waals surface area contributed by atoms with Gasteiger partial charge in [0.1, 0.15) is 5.75 Å². The van der Waals surface area contributed by atoms with Crippen LogP contribution in [0.1, 0.15) is 0 Å². The third-order valence-corrected chi connectivity index (χ3v) is 2.19. The summed E-state index contributed by atoms with van der Waals surface area (Å²) < 4.78 is 5.47. The Morgan fingerprint density at radius 1 is 1.31 bits per heavy atom. The Morgan fingerprint density at radius 3 is 3.08 bits per heavy atom. The zero-order valence-electron chi connectivity index (χ0n) is 7.09. The number of hydrogen-bond donors (Lipinski definition) is 1. The van der Waals surface area contributed by atoms with Crippen molar-refractivity contribution in [2.75, 3.05) is 11.9 Å². The van der Waals surface area contributed by atoms with Crippen molar-refractivity contribution >= 4 is 26.8 Å². The maximum atomic E-state index is 5.47. The minimum atomic E-state index is 0.704. The van der Waals surface area contributed by atoms with Gasteiger partial charge in [-0.1, -0.05) is 15.9 Å². The van der Waals surface area contributed by atoms with Crippen LogP contribution in [-0.4, -0.2) is 16.9 Å². The van der Waals surface area contributed by atoms with E-state index < -0.39 is 0 Å². The number of rotatable bonds is 3. The first-order chi connectivity index (χ1) is 6.40. The van der Waals surface area contributed by atoms with E-state index in [-0.39, 0.29) is 0 Å². The molecule has 0 aliphatic carbocycles. The van der Waals surface area contributed by atoms with Crippen LogP contribution in [-0.2, 0) is 0 Å². The van der Waals surface area contributed by atoms with Crippen LogP contribution in [0.25, 0.3) is 10.9 Å². The van der Waals surface area contributed by atoms with Gasteiger partial charge in [-0.15, -0.1) is 0 Å². The fourth-order valence-corrected chi connectivity index (χ4v) is 1.44. The molecule has 1 aromatic heterocycles. The number of aromatic amines is 1. The molecule has 0 unspecified atom stereocenters. The molecule has 1 aromatic carbocycles. The quantitative estimate of drug-likeness (QED) is 0.819. The molecular weight excluding hydrogens is 230 g/mol. The van der Waals surface area contributed by atoms with E-state index in [0.717, 1.165) is 16.6 Å². The van der Waals surface area contributed by atoms with Gasteiger partial charge in [0.2, 0.25) is 0 Å². The smallest absolute Gasteiger partial charge is 0.120 e. The Balaban J connectivity index is 2.26. The SMILES string of the molecule is BrCCOc1ccc2[nH]ccc2c1. The van der Waals surface area contributed by atoms with Gasteiger partial charge in [-0.05, 0) is 24.3 Å². The van der Waals surface area contributed by atoms with E-state index in [1.807, 2.05) is 30.5 Å². The number of benzene rings is 1. The Morgan fingerprint density at radius 2 is 2.23 bits per heavy atom. The molecule has 1 heterocycles. The molecule has 2 nitrogen and oxygen atoms in total.